The second-order valence-electron chi connectivity index (χ2n) is 12.6. The van der Waals surface area contributed by atoms with Crippen LogP contribution < -0.4 is 20.7 Å². The van der Waals surface area contributed by atoms with Gasteiger partial charge in [-0.1, -0.05) is 132 Å². The van der Waals surface area contributed by atoms with Gasteiger partial charge in [0.25, 0.3) is 0 Å². The van der Waals surface area contributed by atoms with Crippen LogP contribution in [0.25, 0.3) is 0 Å². The van der Waals surface area contributed by atoms with Crippen molar-refractivity contribution >= 4 is 36.9 Å². The molecule has 1 aliphatic carbocycles. The Kier molecular flexibility index (Phi) is 6.77. The van der Waals surface area contributed by atoms with Crippen LogP contribution in [0.2, 0.25) is 24.7 Å². The minimum Gasteiger partial charge on any atom is -0.0730 e. The Bertz CT molecular complexity index is 1290. The van der Waals surface area contributed by atoms with Gasteiger partial charge in [0.05, 0.1) is 8.07 Å². The molecule has 0 saturated heterocycles. The number of hydrogen-bond acceptors (Lipinski definition) is 0. The molecule has 188 valence electrons. The van der Waals surface area contributed by atoms with E-state index < -0.39 is 16.1 Å². The molecule has 3 aromatic rings. The van der Waals surface area contributed by atoms with Gasteiger partial charge in [0.15, 0.2) is 8.07 Å². The van der Waals surface area contributed by atoms with Crippen molar-refractivity contribution in [2.75, 3.05) is 0 Å². The summed E-state index contributed by atoms with van der Waals surface area (Å²) in [4.78, 5) is 0. The monoisotopic (exact) mass is 508 g/mol. The predicted octanol–water partition coefficient (Wildman–Crippen LogP) is 6.99. The van der Waals surface area contributed by atoms with Crippen LogP contribution in [0.4, 0.5) is 0 Å². The van der Waals surface area contributed by atoms with Gasteiger partial charge in [-0.3, -0.25) is 0 Å². The van der Waals surface area contributed by atoms with Crippen LogP contribution in [0.5, 0.6) is 0 Å². The number of hydrogen-bond donors (Lipinski definition) is 0. The smallest absolute Gasteiger partial charge is 0.0730 e. The largest absolute Gasteiger partial charge is 0.161 e. The van der Waals surface area contributed by atoms with Crippen molar-refractivity contribution < 1.29 is 0 Å². The van der Waals surface area contributed by atoms with Gasteiger partial charge in [-0.25, -0.2) is 0 Å². The molecule has 1 unspecified atom stereocenters. The van der Waals surface area contributed by atoms with E-state index in [0.717, 1.165) is 0 Å². The summed E-state index contributed by atoms with van der Waals surface area (Å²) in [5.41, 5.74) is 9.83. The van der Waals surface area contributed by atoms with Crippen molar-refractivity contribution in [3.63, 3.8) is 0 Å². The van der Waals surface area contributed by atoms with Crippen LogP contribution in [0.3, 0.4) is 0 Å². The highest BCUT2D eigenvalue weighted by molar-refractivity contribution is 7.14. The van der Waals surface area contributed by atoms with Crippen LogP contribution in [0.1, 0.15) is 49.9 Å². The molecule has 0 saturated carbocycles. The predicted molar refractivity (Wildman–Crippen MR) is 166 cm³/mol. The van der Waals surface area contributed by atoms with Crippen LogP contribution in [0.15, 0.2) is 83.5 Å². The van der Waals surface area contributed by atoms with Crippen molar-refractivity contribution in [1.82, 2.24) is 0 Å². The van der Waals surface area contributed by atoms with Gasteiger partial charge in [-0.15, -0.1) is 0 Å². The second-order valence-corrected chi connectivity index (χ2v) is 22.0. The van der Waals surface area contributed by atoms with Gasteiger partial charge in [0.1, 0.15) is 0 Å². The fourth-order valence-corrected chi connectivity index (χ4v) is 14.3. The summed E-state index contributed by atoms with van der Waals surface area (Å²) in [5, 5.41) is 6.02. The normalized spacial score (nSPS) is 18.6. The van der Waals surface area contributed by atoms with E-state index in [9.17, 15) is 0 Å². The van der Waals surface area contributed by atoms with E-state index >= 15 is 0 Å². The Balaban J connectivity index is 2.23. The van der Waals surface area contributed by atoms with Crippen molar-refractivity contribution in [3.05, 3.63) is 106 Å². The maximum atomic E-state index is 2.62. The standard InChI is InChI=1S/C34H44Si2/c1-23-16-24(2)19-32(18-23)36(33-20-25(3)17-26(4)21-33,34(8)22-27(5)28(6)29(34)7)31-14-12-30(13-15-31)35(9,10)11/h12-22H,1-11H3. The van der Waals surface area contributed by atoms with Gasteiger partial charge in [0, 0.05) is 5.04 Å². The summed E-state index contributed by atoms with van der Waals surface area (Å²) in [6, 6.07) is 24.6. The molecule has 0 N–H and O–H groups in total. The zero-order valence-corrected chi connectivity index (χ0v) is 26.4. The molecule has 4 rings (SSSR count). The lowest BCUT2D eigenvalue weighted by Gasteiger charge is -2.47. The van der Waals surface area contributed by atoms with E-state index in [1.807, 2.05) is 0 Å². The third-order valence-corrected chi connectivity index (χ3v) is 16.4. The summed E-state index contributed by atoms with van der Waals surface area (Å²) in [6.45, 7) is 25.9. The zero-order valence-electron chi connectivity index (χ0n) is 24.4. The summed E-state index contributed by atoms with van der Waals surface area (Å²) in [6.07, 6.45) is 2.62. The third-order valence-electron chi connectivity index (χ3n) is 8.71. The molecule has 0 radical (unpaired) electrons. The quantitative estimate of drug-likeness (QED) is 0.257. The highest BCUT2D eigenvalue weighted by Crippen LogP contribution is 2.52. The average molecular weight is 509 g/mol. The van der Waals surface area contributed by atoms with E-state index in [1.165, 1.54) is 59.7 Å². The maximum absolute atomic E-state index is 2.62. The molecule has 0 aromatic heterocycles. The van der Waals surface area contributed by atoms with Crippen molar-refractivity contribution in [2.45, 2.75) is 80.1 Å². The Morgan fingerprint density at radius 2 is 0.917 bits per heavy atom. The van der Waals surface area contributed by atoms with E-state index in [2.05, 4.69) is 142 Å². The molecule has 1 atom stereocenters. The molecule has 0 amide bonds. The Labute approximate surface area is 222 Å². The number of rotatable bonds is 5. The number of benzene rings is 3. The third kappa shape index (κ3) is 4.23. The first-order valence-electron chi connectivity index (χ1n) is 13.4. The number of aryl methyl sites for hydroxylation is 4. The highest BCUT2D eigenvalue weighted by Gasteiger charge is 2.56. The Morgan fingerprint density at radius 3 is 1.25 bits per heavy atom. The minimum atomic E-state index is -2.59. The number of allylic oxidation sites excluding steroid dienone is 4. The van der Waals surface area contributed by atoms with Crippen LogP contribution in [-0.4, -0.2) is 16.1 Å². The van der Waals surface area contributed by atoms with Gasteiger partial charge < -0.3 is 0 Å². The Hall–Kier alpha value is -2.43. The lowest BCUT2D eigenvalue weighted by Crippen LogP contribution is -2.73. The molecule has 0 aliphatic heterocycles. The first-order valence-corrected chi connectivity index (χ1v) is 18.9. The summed E-state index contributed by atoms with van der Waals surface area (Å²) in [7, 11) is -3.99. The molecule has 0 bridgehead atoms. The summed E-state index contributed by atoms with van der Waals surface area (Å²) in [5.74, 6) is 0. The molecule has 0 heterocycles. The lowest BCUT2D eigenvalue weighted by atomic mass is 10.0. The maximum Gasteiger partial charge on any atom is 0.161 e. The molecular formula is C34H44Si2. The molecule has 0 nitrogen and oxygen atoms in total. The molecule has 2 heteroatoms. The van der Waals surface area contributed by atoms with E-state index in [1.54, 1.807) is 0 Å². The van der Waals surface area contributed by atoms with Crippen molar-refractivity contribution in [3.8, 4) is 0 Å². The molecule has 0 fully saturated rings. The van der Waals surface area contributed by atoms with Crippen LogP contribution >= 0.6 is 0 Å². The van der Waals surface area contributed by atoms with Gasteiger partial charge in [-0.2, -0.15) is 0 Å². The first kappa shape index (κ1) is 26.6. The summed E-state index contributed by atoms with van der Waals surface area (Å²) >= 11 is 0. The van der Waals surface area contributed by atoms with Gasteiger partial charge in [-0.05, 0) is 69.6 Å². The fourth-order valence-electron chi connectivity index (χ4n) is 6.73. The molecular weight excluding hydrogens is 465 g/mol. The topological polar surface area (TPSA) is 0 Å². The van der Waals surface area contributed by atoms with Crippen molar-refractivity contribution in [1.29, 1.82) is 0 Å². The highest BCUT2D eigenvalue weighted by atomic mass is 28.3. The average Bonchev–Trinajstić information content (AvgIpc) is 2.96. The van der Waals surface area contributed by atoms with Crippen LogP contribution in [0, 0.1) is 27.7 Å². The summed E-state index contributed by atoms with van der Waals surface area (Å²) < 4.78 is 0. The molecule has 1 aliphatic rings. The van der Waals surface area contributed by atoms with E-state index in [4.69, 9.17) is 0 Å². The van der Waals surface area contributed by atoms with Crippen LogP contribution in [-0.2, 0) is 0 Å². The fraction of sp³-hybridized carbons (Fsp3) is 0.353. The van der Waals surface area contributed by atoms with Crippen molar-refractivity contribution in [2.24, 2.45) is 0 Å². The lowest BCUT2D eigenvalue weighted by molar-refractivity contribution is 0.870. The minimum absolute atomic E-state index is 0.0672. The second kappa shape index (κ2) is 9.15. The molecule has 0 spiro atoms. The molecule has 3 aromatic carbocycles. The van der Waals surface area contributed by atoms with Gasteiger partial charge in [0.2, 0.25) is 0 Å². The van der Waals surface area contributed by atoms with E-state index in [0.29, 0.717) is 0 Å². The van der Waals surface area contributed by atoms with E-state index in [-0.39, 0.29) is 5.04 Å². The molecule has 36 heavy (non-hydrogen) atoms. The first-order chi connectivity index (χ1) is 16.7. The SMILES string of the molecule is CC1=CC(C)([Si](c2ccc([Si](C)(C)C)cc2)(c2cc(C)cc(C)c2)c2cc(C)cc(C)c2)C(C)=C1C. The Morgan fingerprint density at radius 1 is 0.528 bits per heavy atom. The van der Waals surface area contributed by atoms with Gasteiger partial charge >= 0.3 is 0 Å². The zero-order chi connectivity index (χ0) is 26.6.